The number of methoxy groups -OCH3 is 1. The molecule has 0 saturated carbocycles. The maximum atomic E-state index is 11.0. The van der Waals surface area contributed by atoms with Crippen molar-refractivity contribution in [3.63, 3.8) is 0 Å². The predicted octanol–water partition coefficient (Wildman–Crippen LogP) is 4.62. The van der Waals surface area contributed by atoms with E-state index in [-0.39, 0.29) is 17.9 Å². The topological polar surface area (TPSA) is 72.5 Å². The van der Waals surface area contributed by atoms with Crippen LogP contribution < -0.4 is 10.5 Å². The molecule has 0 saturated heterocycles. The molecule has 0 aliphatic rings. The van der Waals surface area contributed by atoms with Gasteiger partial charge < -0.3 is 15.6 Å². The highest BCUT2D eigenvalue weighted by molar-refractivity contribution is 5.71. The lowest BCUT2D eigenvalue weighted by atomic mass is 9.85. The third kappa shape index (κ3) is 6.59. The highest BCUT2D eigenvalue weighted by Gasteiger charge is 2.23. The Bertz CT molecular complexity index is 641. The minimum Gasteiger partial charge on any atom is -0.497 e. The lowest BCUT2D eigenvalue weighted by Crippen LogP contribution is -2.18. The molecule has 3 atom stereocenters. The summed E-state index contributed by atoms with van der Waals surface area (Å²) < 4.78 is 5.14. The van der Waals surface area contributed by atoms with Crippen molar-refractivity contribution in [2.45, 2.75) is 39.2 Å². The van der Waals surface area contributed by atoms with E-state index in [1.165, 1.54) is 5.56 Å². The first-order valence-corrected chi connectivity index (χ1v) is 8.57. The summed E-state index contributed by atoms with van der Waals surface area (Å²) in [6.45, 7) is 5.73. The van der Waals surface area contributed by atoms with Crippen molar-refractivity contribution in [2.75, 3.05) is 7.11 Å². The fraction of sp³-hybridized carbons (Fsp3) is 0.381. The van der Waals surface area contributed by atoms with Gasteiger partial charge in [-0.15, -0.1) is 0 Å². The van der Waals surface area contributed by atoms with Crippen LogP contribution in [0.4, 0.5) is 0 Å². The summed E-state index contributed by atoms with van der Waals surface area (Å²) in [4.78, 5) is 11.0. The van der Waals surface area contributed by atoms with E-state index in [2.05, 4.69) is 0 Å². The molecule has 3 unspecified atom stereocenters. The molecule has 0 spiro atoms. The Morgan fingerprint density at radius 1 is 1.08 bits per heavy atom. The van der Waals surface area contributed by atoms with Gasteiger partial charge in [0.2, 0.25) is 0 Å². The Labute approximate surface area is 150 Å². The summed E-state index contributed by atoms with van der Waals surface area (Å²) in [5, 5.41) is 9.04. The molecule has 0 bridgehead atoms. The zero-order chi connectivity index (χ0) is 18.8. The Hall–Kier alpha value is -2.33. The van der Waals surface area contributed by atoms with Crippen LogP contribution in [-0.4, -0.2) is 18.2 Å². The van der Waals surface area contributed by atoms with Gasteiger partial charge in [0, 0.05) is 6.04 Å². The lowest BCUT2D eigenvalue weighted by molar-refractivity contribution is -0.141. The van der Waals surface area contributed by atoms with Gasteiger partial charge in [-0.1, -0.05) is 56.3 Å². The van der Waals surface area contributed by atoms with E-state index in [9.17, 15) is 4.79 Å². The van der Waals surface area contributed by atoms with Crippen molar-refractivity contribution >= 4 is 5.97 Å². The largest absolute Gasteiger partial charge is 0.497 e. The Kier molecular flexibility index (Phi) is 8.71. The smallest absolute Gasteiger partial charge is 0.306 e. The molecule has 0 heterocycles. The molecule has 0 fully saturated rings. The fourth-order valence-corrected chi connectivity index (χ4v) is 2.68. The van der Waals surface area contributed by atoms with Crippen molar-refractivity contribution in [3.05, 3.63) is 65.7 Å². The van der Waals surface area contributed by atoms with Crippen LogP contribution in [0.5, 0.6) is 5.75 Å². The second-order valence-electron chi connectivity index (χ2n) is 6.12. The van der Waals surface area contributed by atoms with Crippen molar-refractivity contribution in [3.8, 4) is 5.75 Å². The number of carboxylic acids is 1. The van der Waals surface area contributed by atoms with Gasteiger partial charge in [0.1, 0.15) is 5.75 Å². The summed E-state index contributed by atoms with van der Waals surface area (Å²) in [6, 6.07) is 17.8. The third-order valence-corrected chi connectivity index (χ3v) is 4.28. The van der Waals surface area contributed by atoms with E-state index >= 15 is 0 Å². The molecule has 0 radical (unpaired) electrons. The van der Waals surface area contributed by atoms with Gasteiger partial charge in [-0.25, -0.2) is 0 Å². The first-order valence-electron chi connectivity index (χ1n) is 8.57. The molecule has 0 aliphatic heterocycles. The molecule has 2 aromatic carbocycles. The number of carboxylic acid groups (broad SMARTS) is 1. The standard InChI is InChI=1S/C13H18O3.C8H11N/c1-4-12(9(2)13(14)15)10-6-5-7-11(8-10)16-3;1-7(9)8-5-3-2-4-6-8/h5-9,12H,4H2,1-3H3,(H,14,15);2-7H,9H2,1H3. The van der Waals surface area contributed by atoms with Gasteiger partial charge >= 0.3 is 5.97 Å². The first-order chi connectivity index (χ1) is 11.9. The predicted molar refractivity (Wildman–Crippen MR) is 102 cm³/mol. The number of nitrogens with two attached hydrogens (primary N) is 1. The second-order valence-corrected chi connectivity index (χ2v) is 6.12. The van der Waals surface area contributed by atoms with Crippen LogP contribution in [0.3, 0.4) is 0 Å². The van der Waals surface area contributed by atoms with Gasteiger partial charge in [-0.05, 0) is 42.5 Å². The molecule has 4 nitrogen and oxygen atoms in total. The molecule has 4 heteroatoms. The molecule has 0 aromatic heterocycles. The molecular formula is C21H29NO3. The number of aliphatic carboxylic acids is 1. The Morgan fingerprint density at radius 3 is 2.12 bits per heavy atom. The van der Waals surface area contributed by atoms with Crippen LogP contribution in [0.1, 0.15) is 50.3 Å². The molecule has 2 aromatic rings. The highest BCUT2D eigenvalue weighted by atomic mass is 16.5. The van der Waals surface area contributed by atoms with Crippen LogP contribution in [0, 0.1) is 5.92 Å². The maximum Gasteiger partial charge on any atom is 0.306 e. The van der Waals surface area contributed by atoms with E-state index in [1.807, 2.05) is 68.4 Å². The van der Waals surface area contributed by atoms with E-state index in [1.54, 1.807) is 14.0 Å². The number of benzene rings is 2. The maximum absolute atomic E-state index is 11.0. The zero-order valence-corrected chi connectivity index (χ0v) is 15.5. The summed E-state index contributed by atoms with van der Waals surface area (Å²) in [6.07, 6.45) is 0.806. The van der Waals surface area contributed by atoms with Crippen LogP contribution in [0.25, 0.3) is 0 Å². The van der Waals surface area contributed by atoms with Crippen LogP contribution in [-0.2, 0) is 4.79 Å². The minimum atomic E-state index is -0.755. The van der Waals surface area contributed by atoms with Crippen LogP contribution in [0.15, 0.2) is 54.6 Å². The number of hydrogen-bond donors (Lipinski definition) is 2. The van der Waals surface area contributed by atoms with E-state index in [0.717, 1.165) is 17.7 Å². The lowest BCUT2D eigenvalue weighted by Gasteiger charge is -2.20. The van der Waals surface area contributed by atoms with E-state index in [4.69, 9.17) is 15.6 Å². The number of ether oxygens (including phenoxy) is 1. The number of hydrogen-bond acceptors (Lipinski definition) is 3. The normalized spacial score (nSPS) is 13.8. The van der Waals surface area contributed by atoms with E-state index in [0.29, 0.717) is 0 Å². The second kappa shape index (κ2) is 10.5. The zero-order valence-electron chi connectivity index (χ0n) is 15.5. The van der Waals surface area contributed by atoms with Gasteiger partial charge in [-0.2, -0.15) is 0 Å². The third-order valence-electron chi connectivity index (χ3n) is 4.28. The minimum absolute atomic E-state index is 0.0348. The average molecular weight is 343 g/mol. The quantitative estimate of drug-likeness (QED) is 0.803. The molecule has 3 N–H and O–H groups in total. The summed E-state index contributed by atoms with van der Waals surface area (Å²) in [5.41, 5.74) is 7.83. The molecule has 2 rings (SSSR count). The van der Waals surface area contributed by atoms with Crippen molar-refractivity contribution in [1.82, 2.24) is 0 Å². The van der Waals surface area contributed by atoms with Crippen molar-refractivity contribution in [2.24, 2.45) is 11.7 Å². The van der Waals surface area contributed by atoms with Gasteiger partial charge in [0.05, 0.1) is 13.0 Å². The van der Waals surface area contributed by atoms with E-state index < -0.39 is 5.97 Å². The highest BCUT2D eigenvalue weighted by Crippen LogP contribution is 2.30. The number of rotatable bonds is 6. The van der Waals surface area contributed by atoms with Crippen LogP contribution >= 0.6 is 0 Å². The molecule has 136 valence electrons. The first kappa shape index (κ1) is 20.7. The van der Waals surface area contributed by atoms with Gasteiger partial charge in [-0.3, -0.25) is 4.79 Å². The molecule has 0 amide bonds. The molecule has 0 aliphatic carbocycles. The Balaban J connectivity index is 0.000000293. The number of carbonyl (C=O) groups is 1. The van der Waals surface area contributed by atoms with Gasteiger partial charge in [0.25, 0.3) is 0 Å². The molecular weight excluding hydrogens is 314 g/mol. The summed E-state index contributed by atoms with van der Waals surface area (Å²) in [7, 11) is 1.61. The fourth-order valence-electron chi connectivity index (χ4n) is 2.68. The monoisotopic (exact) mass is 343 g/mol. The molecule has 25 heavy (non-hydrogen) atoms. The Morgan fingerprint density at radius 2 is 1.68 bits per heavy atom. The van der Waals surface area contributed by atoms with Gasteiger partial charge in [0.15, 0.2) is 0 Å². The summed E-state index contributed by atoms with van der Waals surface area (Å²) >= 11 is 0. The van der Waals surface area contributed by atoms with Crippen molar-refractivity contribution < 1.29 is 14.6 Å². The average Bonchev–Trinajstić information content (AvgIpc) is 2.63. The SMILES string of the molecule is CC(N)c1ccccc1.CCC(c1cccc(OC)c1)C(C)C(=O)O. The van der Waals surface area contributed by atoms with Crippen LogP contribution in [0.2, 0.25) is 0 Å². The summed E-state index contributed by atoms with van der Waals surface area (Å²) in [5.74, 6) is -0.326. The van der Waals surface area contributed by atoms with Crippen molar-refractivity contribution in [1.29, 1.82) is 0 Å².